The van der Waals surface area contributed by atoms with Crippen LogP contribution in [-0.4, -0.2) is 30.4 Å². The van der Waals surface area contributed by atoms with E-state index in [1.165, 1.54) is 5.56 Å². The Morgan fingerprint density at radius 1 is 1.04 bits per heavy atom. The van der Waals surface area contributed by atoms with Crippen LogP contribution in [0.2, 0.25) is 0 Å². The lowest BCUT2D eigenvalue weighted by molar-refractivity contribution is 0.475. The van der Waals surface area contributed by atoms with Gasteiger partial charge in [-0.15, -0.1) is 0 Å². The van der Waals surface area contributed by atoms with Gasteiger partial charge in [-0.25, -0.2) is 0 Å². The third kappa shape index (κ3) is 5.25. The van der Waals surface area contributed by atoms with Gasteiger partial charge in [0.2, 0.25) is 0 Å². The van der Waals surface area contributed by atoms with E-state index in [1.54, 1.807) is 18.2 Å². The number of anilines is 2. The van der Waals surface area contributed by atoms with Crippen molar-refractivity contribution >= 4 is 21.5 Å². The molecule has 0 radical (unpaired) electrons. The largest absolute Gasteiger partial charge is 0.508 e. The van der Waals surface area contributed by atoms with E-state index in [2.05, 4.69) is 11.0 Å². The van der Waals surface area contributed by atoms with Crippen LogP contribution in [0.4, 0.5) is 11.4 Å². The zero-order valence-electron chi connectivity index (χ0n) is 13.9. The minimum Gasteiger partial charge on any atom is -0.508 e. The molecule has 130 valence electrons. The summed E-state index contributed by atoms with van der Waals surface area (Å²) in [6.07, 6.45) is 0.974. The number of unbranched alkanes of at least 4 members (excludes halogenated alkanes) is 1. The summed E-state index contributed by atoms with van der Waals surface area (Å²) in [6, 6.07) is 13.1. The Bertz CT molecular complexity index is 802. The van der Waals surface area contributed by atoms with Gasteiger partial charge in [0.25, 0.3) is 10.1 Å². The van der Waals surface area contributed by atoms with Crippen molar-refractivity contribution in [2.45, 2.75) is 26.7 Å². The summed E-state index contributed by atoms with van der Waals surface area (Å²) >= 11 is 0. The lowest BCUT2D eigenvalue weighted by Gasteiger charge is -2.27. The molecule has 24 heavy (non-hydrogen) atoms. The van der Waals surface area contributed by atoms with E-state index in [1.807, 2.05) is 32.0 Å². The van der Waals surface area contributed by atoms with Crippen molar-refractivity contribution in [1.29, 1.82) is 0 Å². The Morgan fingerprint density at radius 3 is 2.42 bits per heavy atom. The molecule has 0 aliphatic heterocycles. The molecule has 6 heteroatoms. The van der Waals surface area contributed by atoms with Gasteiger partial charge in [-0.1, -0.05) is 23.8 Å². The molecule has 2 N–H and O–H groups in total. The highest BCUT2D eigenvalue weighted by Gasteiger charge is 2.13. The topological polar surface area (TPSA) is 77.8 Å². The molecule has 2 aromatic carbocycles. The molecule has 5 nitrogen and oxygen atoms in total. The predicted molar refractivity (Wildman–Crippen MR) is 96.7 cm³/mol. The minimum atomic E-state index is -3.93. The van der Waals surface area contributed by atoms with Crippen LogP contribution in [0.5, 0.6) is 5.75 Å². The van der Waals surface area contributed by atoms with E-state index in [0.717, 1.165) is 16.9 Å². The molecular weight excluding hydrogens is 326 g/mol. The molecule has 0 aliphatic rings. The second-order valence-corrected chi connectivity index (χ2v) is 7.53. The van der Waals surface area contributed by atoms with Gasteiger partial charge in [0.05, 0.1) is 5.75 Å². The third-order valence-corrected chi connectivity index (χ3v) is 4.62. The van der Waals surface area contributed by atoms with Crippen LogP contribution in [0.3, 0.4) is 0 Å². The Labute approximate surface area is 143 Å². The first-order valence-corrected chi connectivity index (χ1v) is 9.46. The third-order valence-electron chi connectivity index (χ3n) is 3.82. The highest BCUT2D eigenvalue weighted by molar-refractivity contribution is 7.85. The van der Waals surface area contributed by atoms with Gasteiger partial charge < -0.3 is 10.0 Å². The number of phenols is 1. The van der Waals surface area contributed by atoms with E-state index in [9.17, 15) is 13.5 Å². The fourth-order valence-electron chi connectivity index (χ4n) is 2.71. The SMILES string of the molecule is Cc1ccc(N(CCCCS(=O)(=O)O)c2cccc(O)c2)c(C)c1. The summed E-state index contributed by atoms with van der Waals surface area (Å²) in [5.74, 6) is -0.0616. The Morgan fingerprint density at radius 2 is 1.79 bits per heavy atom. The van der Waals surface area contributed by atoms with E-state index in [0.29, 0.717) is 19.4 Å². The van der Waals surface area contributed by atoms with Crippen LogP contribution < -0.4 is 4.90 Å². The second-order valence-electron chi connectivity index (χ2n) is 5.95. The van der Waals surface area contributed by atoms with Gasteiger partial charge in [0, 0.05) is 24.0 Å². The molecule has 0 amide bonds. The zero-order chi connectivity index (χ0) is 17.7. The Kier molecular flexibility index (Phi) is 5.85. The fourth-order valence-corrected chi connectivity index (χ4v) is 3.28. The molecule has 2 rings (SSSR count). The van der Waals surface area contributed by atoms with E-state index < -0.39 is 10.1 Å². The molecule has 0 saturated heterocycles. The summed E-state index contributed by atoms with van der Waals surface area (Å²) < 4.78 is 30.6. The number of hydrogen-bond donors (Lipinski definition) is 2. The van der Waals surface area contributed by atoms with Gasteiger partial charge in [-0.3, -0.25) is 4.55 Å². The van der Waals surface area contributed by atoms with Crippen LogP contribution in [0.1, 0.15) is 24.0 Å². The second kappa shape index (κ2) is 7.68. The van der Waals surface area contributed by atoms with Crippen molar-refractivity contribution in [2.24, 2.45) is 0 Å². The van der Waals surface area contributed by atoms with Gasteiger partial charge in [-0.05, 0) is 50.5 Å². The van der Waals surface area contributed by atoms with E-state index in [-0.39, 0.29) is 11.5 Å². The van der Waals surface area contributed by atoms with Crippen LogP contribution in [0.25, 0.3) is 0 Å². The van der Waals surface area contributed by atoms with Crippen LogP contribution in [0.15, 0.2) is 42.5 Å². The molecule has 0 spiro atoms. The number of nitrogens with zero attached hydrogens (tertiary/aromatic N) is 1. The average molecular weight is 349 g/mol. The van der Waals surface area contributed by atoms with Gasteiger partial charge in [-0.2, -0.15) is 8.42 Å². The molecule has 0 atom stereocenters. The van der Waals surface area contributed by atoms with Crippen molar-refractivity contribution in [3.63, 3.8) is 0 Å². The van der Waals surface area contributed by atoms with E-state index in [4.69, 9.17) is 4.55 Å². The lowest BCUT2D eigenvalue weighted by atomic mass is 10.1. The van der Waals surface area contributed by atoms with Crippen molar-refractivity contribution < 1.29 is 18.1 Å². The van der Waals surface area contributed by atoms with Gasteiger partial charge in [0.1, 0.15) is 5.75 Å². The smallest absolute Gasteiger partial charge is 0.264 e. The highest BCUT2D eigenvalue weighted by Crippen LogP contribution is 2.31. The molecule has 0 aliphatic carbocycles. The maximum Gasteiger partial charge on any atom is 0.264 e. The Balaban J connectivity index is 2.24. The molecule has 0 saturated carbocycles. The van der Waals surface area contributed by atoms with Crippen molar-refractivity contribution in [2.75, 3.05) is 17.2 Å². The molecule has 0 aromatic heterocycles. The maximum absolute atomic E-state index is 10.9. The monoisotopic (exact) mass is 349 g/mol. The first kappa shape index (κ1) is 18.3. The number of rotatable bonds is 7. The number of aryl methyl sites for hydroxylation is 2. The molecule has 2 aromatic rings. The standard InChI is InChI=1S/C18H23NO4S/c1-14-8-9-18(15(2)12-14)19(10-3-4-11-24(21,22)23)16-6-5-7-17(20)13-16/h5-9,12-13,20H,3-4,10-11H2,1-2H3,(H,21,22,23). The first-order chi connectivity index (χ1) is 11.3. The van der Waals surface area contributed by atoms with Crippen LogP contribution in [-0.2, 0) is 10.1 Å². The summed E-state index contributed by atoms with van der Waals surface area (Å²) in [5, 5.41) is 9.76. The van der Waals surface area contributed by atoms with Crippen molar-refractivity contribution in [3.8, 4) is 5.75 Å². The first-order valence-electron chi connectivity index (χ1n) is 7.85. The number of aromatic hydroxyl groups is 1. The highest BCUT2D eigenvalue weighted by atomic mass is 32.2. The quantitative estimate of drug-likeness (QED) is 0.587. The van der Waals surface area contributed by atoms with E-state index >= 15 is 0 Å². The number of benzene rings is 2. The van der Waals surface area contributed by atoms with Gasteiger partial charge in [0.15, 0.2) is 0 Å². The average Bonchev–Trinajstić information content (AvgIpc) is 2.47. The summed E-state index contributed by atoms with van der Waals surface area (Å²) in [7, 11) is -3.93. The Hall–Kier alpha value is -2.05. The minimum absolute atomic E-state index is 0.181. The van der Waals surface area contributed by atoms with Crippen LogP contribution >= 0.6 is 0 Å². The van der Waals surface area contributed by atoms with Crippen LogP contribution in [0, 0.1) is 13.8 Å². The number of hydrogen-bond acceptors (Lipinski definition) is 4. The fraction of sp³-hybridized carbons (Fsp3) is 0.333. The summed E-state index contributed by atoms with van der Waals surface area (Å²) in [6.45, 7) is 4.64. The zero-order valence-corrected chi connectivity index (χ0v) is 14.8. The van der Waals surface area contributed by atoms with Crippen molar-refractivity contribution in [1.82, 2.24) is 0 Å². The molecule has 0 unspecified atom stereocenters. The normalized spacial score (nSPS) is 11.5. The number of phenolic OH excluding ortho intramolecular Hbond substituents is 1. The summed E-state index contributed by atoms with van der Waals surface area (Å²) in [4.78, 5) is 2.05. The molecule has 0 fully saturated rings. The predicted octanol–water partition coefficient (Wildman–Crippen LogP) is 3.82. The molecular formula is C18H23NO4S. The molecule has 0 bridgehead atoms. The lowest BCUT2D eigenvalue weighted by Crippen LogP contribution is -2.20. The van der Waals surface area contributed by atoms with Crippen molar-refractivity contribution in [3.05, 3.63) is 53.6 Å². The maximum atomic E-state index is 10.9. The summed E-state index contributed by atoms with van der Waals surface area (Å²) in [5.41, 5.74) is 4.12. The van der Waals surface area contributed by atoms with Gasteiger partial charge >= 0.3 is 0 Å². The molecule has 0 heterocycles.